The molecule has 0 bridgehead atoms. The van der Waals surface area contributed by atoms with Gasteiger partial charge in [-0.2, -0.15) is 5.10 Å². The lowest BCUT2D eigenvalue weighted by Crippen LogP contribution is -2.53. The largest absolute Gasteiger partial charge is 0.350 e. The summed E-state index contributed by atoms with van der Waals surface area (Å²) in [6.45, 7) is 16.6. The van der Waals surface area contributed by atoms with Crippen molar-refractivity contribution in [2.24, 2.45) is 5.92 Å². The molecular formula is C19H34N4O. The summed E-state index contributed by atoms with van der Waals surface area (Å²) in [4.78, 5) is 14.9. The summed E-state index contributed by atoms with van der Waals surface area (Å²) in [5.74, 6) is 0.870. The van der Waals surface area contributed by atoms with Crippen LogP contribution in [0.1, 0.15) is 57.0 Å². The van der Waals surface area contributed by atoms with Crippen LogP contribution in [0.4, 0.5) is 0 Å². The Morgan fingerprint density at radius 3 is 2.62 bits per heavy atom. The lowest BCUT2D eigenvalue weighted by Gasteiger charge is -2.37. The fourth-order valence-electron chi connectivity index (χ4n) is 3.68. The molecule has 136 valence electrons. The smallest absolute Gasteiger partial charge is 0.222 e. The molecule has 1 saturated heterocycles. The number of piperidine rings is 1. The molecule has 1 atom stereocenters. The van der Waals surface area contributed by atoms with Gasteiger partial charge in [-0.25, -0.2) is 0 Å². The van der Waals surface area contributed by atoms with Gasteiger partial charge in [-0.05, 0) is 65.5 Å². The van der Waals surface area contributed by atoms with E-state index in [1.807, 2.05) is 11.6 Å². The third kappa shape index (κ3) is 5.07. The van der Waals surface area contributed by atoms with E-state index in [4.69, 9.17) is 0 Å². The average Bonchev–Trinajstić information content (AvgIpc) is 2.71. The van der Waals surface area contributed by atoms with Crippen LogP contribution in [0.2, 0.25) is 0 Å². The summed E-state index contributed by atoms with van der Waals surface area (Å²) < 4.78 is 1.95. The van der Waals surface area contributed by atoms with E-state index in [0.29, 0.717) is 13.0 Å². The van der Waals surface area contributed by atoms with Gasteiger partial charge in [0.1, 0.15) is 0 Å². The van der Waals surface area contributed by atoms with Gasteiger partial charge in [-0.1, -0.05) is 6.92 Å². The predicted molar refractivity (Wildman–Crippen MR) is 98.1 cm³/mol. The molecule has 24 heavy (non-hydrogen) atoms. The minimum absolute atomic E-state index is 0.107. The highest BCUT2D eigenvalue weighted by Crippen LogP contribution is 2.18. The number of rotatable bonds is 6. The number of amides is 1. The number of hydrogen-bond donors (Lipinski definition) is 1. The highest BCUT2D eigenvalue weighted by Gasteiger charge is 2.26. The zero-order valence-corrected chi connectivity index (χ0v) is 16.3. The molecule has 2 rings (SSSR count). The summed E-state index contributed by atoms with van der Waals surface area (Å²) in [6, 6.07) is 0. The van der Waals surface area contributed by atoms with E-state index in [0.717, 1.165) is 36.9 Å². The number of aromatic nitrogens is 2. The number of carbonyl (C=O) groups excluding carboxylic acids is 1. The zero-order valence-electron chi connectivity index (χ0n) is 16.3. The number of nitrogens with one attached hydrogen (secondary N) is 1. The van der Waals surface area contributed by atoms with Crippen LogP contribution in [0.15, 0.2) is 0 Å². The lowest BCUT2D eigenvalue weighted by atomic mass is 9.97. The van der Waals surface area contributed by atoms with E-state index < -0.39 is 0 Å². The van der Waals surface area contributed by atoms with Gasteiger partial charge in [0, 0.05) is 37.3 Å². The first kappa shape index (κ1) is 19.0. The Morgan fingerprint density at radius 2 is 2.04 bits per heavy atom. The summed E-state index contributed by atoms with van der Waals surface area (Å²) >= 11 is 0. The fourth-order valence-corrected chi connectivity index (χ4v) is 3.68. The quantitative estimate of drug-likeness (QED) is 0.870. The number of hydrogen-bond acceptors (Lipinski definition) is 3. The minimum atomic E-state index is -0.195. The zero-order chi connectivity index (χ0) is 17.9. The molecule has 0 spiro atoms. The molecule has 1 N–H and O–H groups in total. The minimum Gasteiger partial charge on any atom is -0.350 e. The van der Waals surface area contributed by atoms with Crippen LogP contribution >= 0.6 is 0 Å². The molecular weight excluding hydrogens is 300 g/mol. The van der Waals surface area contributed by atoms with Gasteiger partial charge in [-0.15, -0.1) is 0 Å². The van der Waals surface area contributed by atoms with E-state index in [9.17, 15) is 4.79 Å². The van der Waals surface area contributed by atoms with E-state index >= 15 is 0 Å². The maximum Gasteiger partial charge on any atom is 0.222 e. The third-order valence-corrected chi connectivity index (χ3v) is 5.13. The third-order valence-electron chi connectivity index (χ3n) is 5.13. The Hall–Kier alpha value is -1.36. The molecule has 5 heteroatoms. The molecule has 1 aliphatic rings. The Labute approximate surface area is 146 Å². The topological polar surface area (TPSA) is 50.2 Å². The van der Waals surface area contributed by atoms with Crippen LogP contribution in [0.5, 0.6) is 0 Å². The van der Waals surface area contributed by atoms with Crippen molar-refractivity contribution < 1.29 is 4.79 Å². The van der Waals surface area contributed by atoms with Gasteiger partial charge in [0.05, 0.1) is 5.69 Å². The molecule has 1 amide bonds. The summed E-state index contributed by atoms with van der Waals surface area (Å²) in [5.41, 5.74) is 3.23. The van der Waals surface area contributed by atoms with Gasteiger partial charge < -0.3 is 10.2 Å². The molecule has 0 unspecified atom stereocenters. The number of carbonyl (C=O) groups is 1. The van der Waals surface area contributed by atoms with Gasteiger partial charge in [0.15, 0.2) is 0 Å². The van der Waals surface area contributed by atoms with Crippen LogP contribution in [-0.2, 0) is 11.3 Å². The van der Waals surface area contributed by atoms with Crippen LogP contribution in [-0.4, -0.2) is 45.8 Å². The van der Waals surface area contributed by atoms with Crippen molar-refractivity contribution in [2.45, 2.75) is 72.9 Å². The van der Waals surface area contributed by atoms with Gasteiger partial charge in [0.2, 0.25) is 5.91 Å². The van der Waals surface area contributed by atoms with E-state index in [1.165, 1.54) is 18.4 Å². The van der Waals surface area contributed by atoms with Crippen molar-refractivity contribution in [3.05, 3.63) is 17.0 Å². The molecule has 2 heterocycles. The van der Waals surface area contributed by atoms with Crippen LogP contribution in [0.25, 0.3) is 0 Å². The SMILES string of the molecule is Cc1nn(CCC(=O)NC(C)(C)CN2CCC[C@H](C)C2)c(C)c1C. The van der Waals surface area contributed by atoms with Crippen molar-refractivity contribution in [3.8, 4) is 0 Å². The molecule has 0 saturated carbocycles. The van der Waals surface area contributed by atoms with Crippen molar-refractivity contribution in [2.75, 3.05) is 19.6 Å². The maximum atomic E-state index is 12.4. The van der Waals surface area contributed by atoms with Crippen LogP contribution in [0, 0.1) is 26.7 Å². The number of nitrogens with zero attached hydrogens (tertiary/aromatic N) is 3. The molecule has 1 aliphatic heterocycles. The Morgan fingerprint density at radius 1 is 1.33 bits per heavy atom. The maximum absolute atomic E-state index is 12.4. The summed E-state index contributed by atoms with van der Waals surface area (Å²) in [5, 5.41) is 7.72. The van der Waals surface area contributed by atoms with Gasteiger partial charge in [0.25, 0.3) is 0 Å². The molecule has 1 aromatic heterocycles. The highest BCUT2D eigenvalue weighted by atomic mass is 16.1. The first-order valence-electron chi connectivity index (χ1n) is 9.22. The fraction of sp³-hybridized carbons (Fsp3) is 0.789. The number of aryl methyl sites for hydroxylation is 2. The van der Waals surface area contributed by atoms with Crippen molar-refractivity contribution >= 4 is 5.91 Å². The first-order chi connectivity index (χ1) is 11.2. The molecule has 0 aliphatic carbocycles. The molecule has 0 aromatic carbocycles. The second-order valence-corrected chi connectivity index (χ2v) is 8.18. The van der Waals surface area contributed by atoms with E-state index in [1.54, 1.807) is 0 Å². The summed E-state index contributed by atoms with van der Waals surface area (Å²) in [6.07, 6.45) is 3.06. The van der Waals surface area contributed by atoms with Crippen molar-refractivity contribution in [1.82, 2.24) is 20.0 Å². The van der Waals surface area contributed by atoms with E-state index in [-0.39, 0.29) is 11.4 Å². The predicted octanol–water partition coefficient (Wildman–Crippen LogP) is 2.83. The standard InChI is InChI=1S/C19H34N4O/c1-14-8-7-10-22(12-14)13-19(5,6)20-18(24)9-11-23-17(4)15(2)16(3)21-23/h14H,7-13H2,1-6H3,(H,20,24)/t14-/m0/s1. The lowest BCUT2D eigenvalue weighted by molar-refractivity contribution is -0.123. The molecule has 5 nitrogen and oxygen atoms in total. The second-order valence-electron chi connectivity index (χ2n) is 8.18. The monoisotopic (exact) mass is 334 g/mol. The van der Waals surface area contributed by atoms with Gasteiger partial charge >= 0.3 is 0 Å². The highest BCUT2D eigenvalue weighted by molar-refractivity contribution is 5.76. The normalized spacial score (nSPS) is 19.5. The molecule has 1 fully saturated rings. The van der Waals surface area contributed by atoms with Crippen molar-refractivity contribution in [1.29, 1.82) is 0 Å². The van der Waals surface area contributed by atoms with Crippen molar-refractivity contribution in [3.63, 3.8) is 0 Å². The van der Waals surface area contributed by atoms with Gasteiger partial charge in [-0.3, -0.25) is 9.48 Å². The first-order valence-corrected chi connectivity index (χ1v) is 9.22. The average molecular weight is 335 g/mol. The Balaban J connectivity index is 1.82. The molecule has 0 radical (unpaired) electrons. The number of likely N-dealkylation sites (tertiary alicyclic amines) is 1. The summed E-state index contributed by atoms with van der Waals surface area (Å²) in [7, 11) is 0. The van der Waals surface area contributed by atoms with E-state index in [2.05, 4.69) is 49.9 Å². The molecule has 1 aromatic rings. The Kier molecular flexibility index (Phi) is 6.07. The Bertz CT molecular complexity index is 576. The van der Waals surface area contributed by atoms with Crippen LogP contribution < -0.4 is 5.32 Å². The van der Waals surface area contributed by atoms with Crippen LogP contribution in [0.3, 0.4) is 0 Å². The second kappa shape index (κ2) is 7.68.